The van der Waals surface area contributed by atoms with Gasteiger partial charge in [0.15, 0.2) is 0 Å². The Morgan fingerprint density at radius 3 is 2.66 bits per heavy atom. The quantitative estimate of drug-likeness (QED) is 0.654. The summed E-state index contributed by atoms with van der Waals surface area (Å²) in [4.78, 5) is 21.1. The van der Waals surface area contributed by atoms with E-state index < -0.39 is 10.0 Å². The van der Waals surface area contributed by atoms with Crippen molar-refractivity contribution in [2.45, 2.75) is 18.2 Å². The van der Waals surface area contributed by atoms with Crippen LogP contribution < -0.4 is 10.0 Å². The van der Waals surface area contributed by atoms with Crippen LogP contribution in [-0.2, 0) is 14.8 Å². The van der Waals surface area contributed by atoms with Gasteiger partial charge in [-0.3, -0.25) is 14.5 Å². The van der Waals surface area contributed by atoms with Gasteiger partial charge in [-0.2, -0.15) is 0 Å². The van der Waals surface area contributed by atoms with Gasteiger partial charge < -0.3 is 5.32 Å². The molecule has 29 heavy (non-hydrogen) atoms. The van der Waals surface area contributed by atoms with Gasteiger partial charge in [0, 0.05) is 28.6 Å². The number of nitrogens with zero attached hydrogens (tertiary/aromatic N) is 2. The number of thiazole rings is 1. The van der Waals surface area contributed by atoms with E-state index >= 15 is 0 Å². The number of nitrogens with one attached hydrogen (secondary N) is 2. The van der Waals surface area contributed by atoms with E-state index in [-0.39, 0.29) is 29.6 Å². The molecule has 0 fully saturated rings. The number of benzene rings is 2. The van der Waals surface area contributed by atoms with E-state index in [1.54, 1.807) is 29.5 Å². The number of sulfonamides is 1. The zero-order valence-corrected chi connectivity index (χ0v) is 17.2. The molecule has 148 valence electrons. The lowest BCUT2D eigenvalue weighted by molar-refractivity contribution is -0.116. The highest BCUT2D eigenvalue weighted by molar-refractivity contribution is 7.90. The first kappa shape index (κ1) is 19.3. The van der Waals surface area contributed by atoms with Gasteiger partial charge in [-0.25, -0.2) is 13.4 Å². The molecule has 1 aliphatic heterocycles. The molecule has 0 atom stereocenters. The SMILES string of the molecule is Cc1nc(-c2ccc(NC(=O)CCN=C3NS(=O)(=O)c4ccccc43)cc2)cs1. The van der Waals surface area contributed by atoms with Gasteiger partial charge in [-0.05, 0) is 31.2 Å². The predicted octanol–water partition coefficient (Wildman–Crippen LogP) is 3.19. The smallest absolute Gasteiger partial charge is 0.263 e. The third kappa shape index (κ3) is 4.20. The molecule has 0 unspecified atom stereocenters. The fraction of sp³-hybridized carbons (Fsp3) is 0.150. The van der Waals surface area contributed by atoms with Gasteiger partial charge in [0.1, 0.15) is 5.84 Å². The minimum absolute atomic E-state index is 0.139. The highest BCUT2D eigenvalue weighted by Gasteiger charge is 2.29. The van der Waals surface area contributed by atoms with Crippen LogP contribution in [0.5, 0.6) is 0 Å². The summed E-state index contributed by atoms with van der Waals surface area (Å²) < 4.78 is 26.5. The predicted molar refractivity (Wildman–Crippen MR) is 114 cm³/mol. The number of aliphatic imine (C=N–C) groups is 1. The molecular weight excluding hydrogens is 408 g/mol. The lowest BCUT2D eigenvalue weighted by Crippen LogP contribution is -2.23. The van der Waals surface area contributed by atoms with E-state index in [0.717, 1.165) is 16.3 Å². The van der Waals surface area contributed by atoms with E-state index in [9.17, 15) is 13.2 Å². The number of aromatic nitrogens is 1. The molecule has 0 saturated carbocycles. The molecular formula is C20H18N4O3S2. The molecule has 2 aromatic carbocycles. The molecule has 9 heteroatoms. The Labute approximate surface area is 172 Å². The minimum Gasteiger partial charge on any atom is -0.326 e. The van der Waals surface area contributed by atoms with Crippen molar-refractivity contribution in [1.82, 2.24) is 9.71 Å². The van der Waals surface area contributed by atoms with Crippen LogP contribution in [-0.4, -0.2) is 31.7 Å². The van der Waals surface area contributed by atoms with Crippen molar-refractivity contribution in [2.75, 3.05) is 11.9 Å². The molecule has 0 aliphatic carbocycles. The average Bonchev–Trinajstić information content (AvgIpc) is 3.24. The van der Waals surface area contributed by atoms with E-state index in [2.05, 4.69) is 20.0 Å². The fourth-order valence-corrected chi connectivity index (χ4v) is 4.84. The van der Waals surface area contributed by atoms with Crippen molar-refractivity contribution in [2.24, 2.45) is 4.99 Å². The van der Waals surface area contributed by atoms with E-state index in [1.807, 2.05) is 36.6 Å². The molecule has 1 aliphatic rings. The number of amides is 1. The Bertz CT molecular complexity index is 1200. The molecule has 1 aromatic heterocycles. The third-order valence-electron chi connectivity index (χ3n) is 4.35. The second-order valence-electron chi connectivity index (χ2n) is 6.46. The summed E-state index contributed by atoms with van der Waals surface area (Å²) in [7, 11) is -3.57. The number of carbonyl (C=O) groups is 1. The fourth-order valence-electron chi connectivity index (χ4n) is 2.96. The highest BCUT2D eigenvalue weighted by Crippen LogP contribution is 2.24. The monoisotopic (exact) mass is 426 g/mol. The van der Waals surface area contributed by atoms with Gasteiger partial charge in [0.25, 0.3) is 10.0 Å². The molecule has 1 amide bonds. The highest BCUT2D eigenvalue weighted by atomic mass is 32.2. The lowest BCUT2D eigenvalue weighted by atomic mass is 10.1. The van der Waals surface area contributed by atoms with Crippen LogP contribution in [0, 0.1) is 6.92 Å². The van der Waals surface area contributed by atoms with Gasteiger partial charge in [-0.15, -0.1) is 11.3 Å². The maximum atomic E-state index is 12.2. The first-order valence-corrected chi connectivity index (χ1v) is 11.3. The van der Waals surface area contributed by atoms with Crippen molar-refractivity contribution in [3.63, 3.8) is 0 Å². The topological polar surface area (TPSA) is 101 Å². The Kier molecular flexibility index (Phi) is 5.16. The molecule has 0 saturated heterocycles. The summed E-state index contributed by atoms with van der Waals surface area (Å²) >= 11 is 1.59. The van der Waals surface area contributed by atoms with Crippen LogP contribution >= 0.6 is 11.3 Å². The lowest BCUT2D eigenvalue weighted by Gasteiger charge is -2.05. The summed E-state index contributed by atoms with van der Waals surface area (Å²) in [5, 5.41) is 5.83. The number of hydrogen-bond donors (Lipinski definition) is 2. The number of aryl methyl sites for hydroxylation is 1. The molecule has 0 radical (unpaired) electrons. The van der Waals surface area contributed by atoms with Crippen LogP contribution in [0.1, 0.15) is 17.0 Å². The Morgan fingerprint density at radius 2 is 1.93 bits per heavy atom. The Balaban J connectivity index is 1.36. The number of fused-ring (bicyclic) bond motifs is 1. The van der Waals surface area contributed by atoms with Crippen LogP contribution in [0.2, 0.25) is 0 Å². The number of rotatable bonds is 5. The van der Waals surface area contributed by atoms with Crippen molar-refractivity contribution in [3.8, 4) is 11.3 Å². The average molecular weight is 427 g/mol. The van der Waals surface area contributed by atoms with Crippen LogP contribution in [0.25, 0.3) is 11.3 Å². The molecule has 2 N–H and O–H groups in total. The maximum Gasteiger partial charge on any atom is 0.263 e. The maximum absolute atomic E-state index is 12.2. The van der Waals surface area contributed by atoms with Gasteiger partial charge in [0.05, 0.1) is 22.1 Å². The van der Waals surface area contributed by atoms with Crippen LogP contribution in [0.4, 0.5) is 5.69 Å². The van der Waals surface area contributed by atoms with Crippen molar-refractivity contribution < 1.29 is 13.2 Å². The van der Waals surface area contributed by atoms with Gasteiger partial charge >= 0.3 is 0 Å². The van der Waals surface area contributed by atoms with Crippen molar-refractivity contribution >= 4 is 38.8 Å². The second kappa shape index (κ2) is 7.76. The number of amidine groups is 1. The van der Waals surface area contributed by atoms with Crippen LogP contribution in [0.3, 0.4) is 0 Å². The van der Waals surface area contributed by atoms with Gasteiger partial charge in [-0.1, -0.05) is 24.3 Å². The first-order chi connectivity index (χ1) is 13.9. The number of carbonyl (C=O) groups excluding carboxylic acids is 1. The molecule has 0 bridgehead atoms. The Hall–Kier alpha value is -3.04. The molecule has 0 spiro atoms. The second-order valence-corrected chi connectivity index (χ2v) is 9.17. The zero-order valence-electron chi connectivity index (χ0n) is 15.5. The van der Waals surface area contributed by atoms with E-state index in [1.165, 1.54) is 6.07 Å². The summed E-state index contributed by atoms with van der Waals surface area (Å²) in [6, 6.07) is 14.1. The van der Waals surface area contributed by atoms with Crippen LogP contribution in [0.15, 0.2) is 63.8 Å². The summed E-state index contributed by atoms with van der Waals surface area (Å²) in [6.45, 7) is 2.13. The van der Waals surface area contributed by atoms with Crippen molar-refractivity contribution in [1.29, 1.82) is 0 Å². The normalized spacial score (nSPS) is 15.7. The van der Waals surface area contributed by atoms with E-state index in [0.29, 0.717) is 11.3 Å². The molecule has 3 aromatic rings. The minimum atomic E-state index is -3.57. The zero-order chi connectivity index (χ0) is 20.4. The summed E-state index contributed by atoms with van der Waals surface area (Å²) in [6.07, 6.45) is 0.139. The molecule has 7 nitrogen and oxygen atoms in total. The number of hydrogen-bond acceptors (Lipinski definition) is 6. The van der Waals surface area contributed by atoms with Crippen molar-refractivity contribution in [3.05, 3.63) is 64.5 Å². The first-order valence-electron chi connectivity index (χ1n) is 8.91. The van der Waals surface area contributed by atoms with E-state index in [4.69, 9.17) is 0 Å². The molecule has 2 heterocycles. The molecule has 4 rings (SSSR count). The summed E-state index contributed by atoms with van der Waals surface area (Å²) in [5.74, 6) is 0.0806. The third-order valence-corrected chi connectivity index (χ3v) is 6.53. The largest absolute Gasteiger partial charge is 0.326 e. The standard InChI is InChI=1S/C20H18N4O3S2/c1-13-22-17(12-28-13)14-6-8-15(9-7-14)23-19(25)10-11-21-20-16-4-2-3-5-18(16)29(26,27)24-20/h2-9,12H,10-11H2,1H3,(H,21,24)(H,23,25). The summed E-state index contributed by atoms with van der Waals surface area (Å²) in [5.41, 5.74) is 3.12. The number of anilines is 1. The Morgan fingerprint density at radius 1 is 1.17 bits per heavy atom. The van der Waals surface area contributed by atoms with Gasteiger partial charge in [0.2, 0.25) is 5.91 Å².